The highest BCUT2D eigenvalue weighted by Gasteiger charge is 2.23. The van der Waals surface area contributed by atoms with Crippen LogP contribution >= 0.6 is 0 Å². The number of ether oxygens (including phenoxy) is 1. The lowest BCUT2D eigenvalue weighted by atomic mass is 10.1. The molecule has 0 bridgehead atoms. The molecule has 1 amide bonds. The van der Waals surface area contributed by atoms with Gasteiger partial charge in [0.05, 0.1) is 6.04 Å². The van der Waals surface area contributed by atoms with Crippen molar-refractivity contribution in [2.45, 2.75) is 53.2 Å². The van der Waals surface area contributed by atoms with Crippen molar-refractivity contribution in [3.8, 4) is 0 Å². The van der Waals surface area contributed by atoms with Crippen molar-refractivity contribution in [3.05, 3.63) is 35.9 Å². The first-order chi connectivity index (χ1) is 8.81. The van der Waals surface area contributed by atoms with Gasteiger partial charge in [-0.3, -0.25) is 0 Å². The van der Waals surface area contributed by atoms with Gasteiger partial charge in [-0.1, -0.05) is 44.2 Å². The number of rotatable bonds is 2. The molecule has 1 aromatic carbocycles. The fraction of sp³-hybridized carbons (Fsp3) is 0.562. The van der Waals surface area contributed by atoms with Gasteiger partial charge in [-0.15, -0.1) is 0 Å². The predicted molar refractivity (Wildman–Crippen MR) is 80.2 cm³/mol. The third-order valence-corrected chi connectivity index (χ3v) is 2.54. The second-order valence-corrected chi connectivity index (χ2v) is 5.18. The zero-order valence-corrected chi connectivity index (χ0v) is 13.2. The lowest BCUT2D eigenvalue weighted by molar-refractivity contribution is 0.0234. The molecule has 0 N–H and O–H groups in total. The summed E-state index contributed by atoms with van der Waals surface area (Å²) in [6.45, 7) is 11.6. The van der Waals surface area contributed by atoms with E-state index in [9.17, 15) is 4.79 Å². The quantitative estimate of drug-likeness (QED) is 0.779. The minimum atomic E-state index is -0.457. The van der Waals surface area contributed by atoms with Crippen LogP contribution < -0.4 is 0 Å². The standard InChI is InChI=1S/C14H21NO2.C2H6/c1-11(12-9-7-6-8-10-12)15(5)13(16)17-14(2,3)4;1-2/h6-11H,1-5H3;1-2H3. The topological polar surface area (TPSA) is 29.5 Å². The highest BCUT2D eigenvalue weighted by Crippen LogP contribution is 2.20. The summed E-state index contributed by atoms with van der Waals surface area (Å²) in [5, 5.41) is 0. The highest BCUT2D eigenvalue weighted by molar-refractivity contribution is 5.68. The van der Waals surface area contributed by atoms with E-state index in [1.807, 2.05) is 71.9 Å². The third kappa shape index (κ3) is 6.27. The Bertz CT molecular complexity index is 368. The van der Waals surface area contributed by atoms with Crippen LogP contribution in [0.25, 0.3) is 0 Å². The second kappa shape index (κ2) is 7.82. The smallest absolute Gasteiger partial charge is 0.410 e. The molecule has 0 saturated carbocycles. The first-order valence-electron chi connectivity index (χ1n) is 6.82. The van der Waals surface area contributed by atoms with Crippen molar-refractivity contribution in [2.75, 3.05) is 7.05 Å². The van der Waals surface area contributed by atoms with E-state index in [1.165, 1.54) is 0 Å². The Labute approximate surface area is 117 Å². The van der Waals surface area contributed by atoms with Gasteiger partial charge in [0.25, 0.3) is 0 Å². The molecule has 0 aliphatic carbocycles. The average molecular weight is 265 g/mol. The van der Waals surface area contributed by atoms with Crippen molar-refractivity contribution >= 4 is 6.09 Å². The van der Waals surface area contributed by atoms with E-state index < -0.39 is 5.60 Å². The van der Waals surface area contributed by atoms with Gasteiger partial charge in [0, 0.05) is 7.05 Å². The summed E-state index contributed by atoms with van der Waals surface area (Å²) in [7, 11) is 1.76. The molecule has 0 radical (unpaired) electrons. The fourth-order valence-corrected chi connectivity index (χ4v) is 1.45. The zero-order valence-electron chi connectivity index (χ0n) is 13.2. The molecule has 1 unspecified atom stereocenters. The molecule has 0 aromatic heterocycles. The lowest BCUT2D eigenvalue weighted by Gasteiger charge is -2.28. The van der Waals surface area contributed by atoms with Crippen LogP contribution in [-0.4, -0.2) is 23.6 Å². The molecule has 0 aliphatic heterocycles. The maximum Gasteiger partial charge on any atom is 0.410 e. The lowest BCUT2D eigenvalue weighted by Crippen LogP contribution is -2.35. The molecule has 1 rings (SSSR count). The van der Waals surface area contributed by atoms with Crippen molar-refractivity contribution in [1.29, 1.82) is 0 Å². The van der Waals surface area contributed by atoms with E-state index in [0.717, 1.165) is 5.56 Å². The molecule has 19 heavy (non-hydrogen) atoms. The van der Waals surface area contributed by atoms with Crippen LogP contribution in [0.1, 0.15) is 53.1 Å². The Morgan fingerprint density at radius 3 is 2.05 bits per heavy atom. The molecule has 1 aromatic rings. The number of carbonyl (C=O) groups is 1. The van der Waals surface area contributed by atoms with E-state index in [1.54, 1.807) is 11.9 Å². The van der Waals surface area contributed by atoms with Crippen molar-refractivity contribution in [3.63, 3.8) is 0 Å². The molecule has 1 atom stereocenters. The SMILES string of the molecule is CC.CC(c1ccccc1)N(C)C(=O)OC(C)(C)C. The maximum atomic E-state index is 11.9. The van der Waals surface area contributed by atoms with Crippen LogP contribution in [-0.2, 0) is 4.74 Å². The van der Waals surface area contributed by atoms with E-state index >= 15 is 0 Å². The third-order valence-electron chi connectivity index (χ3n) is 2.54. The summed E-state index contributed by atoms with van der Waals surface area (Å²) in [6, 6.07) is 9.91. The molecule has 3 nitrogen and oxygen atoms in total. The van der Waals surface area contributed by atoms with Crippen LogP contribution in [0.15, 0.2) is 30.3 Å². The van der Waals surface area contributed by atoms with Crippen molar-refractivity contribution < 1.29 is 9.53 Å². The first kappa shape index (κ1) is 17.5. The summed E-state index contributed by atoms with van der Waals surface area (Å²) < 4.78 is 5.33. The number of hydrogen-bond acceptors (Lipinski definition) is 2. The van der Waals surface area contributed by atoms with Gasteiger partial charge in [0.1, 0.15) is 5.60 Å². The number of hydrogen-bond donors (Lipinski definition) is 0. The Balaban J connectivity index is 0.00000154. The number of amides is 1. The molecule has 0 saturated heterocycles. The summed E-state index contributed by atoms with van der Waals surface area (Å²) in [5.74, 6) is 0. The molecule has 0 heterocycles. The molecule has 0 aliphatic rings. The minimum absolute atomic E-state index is 0.00560. The summed E-state index contributed by atoms with van der Waals surface area (Å²) in [5.41, 5.74) is 0.641. The van der Waals surface area contributed by atoms with Crippen molar-refractivity contribution in [1.82, 2.24) is 4.90 Å². The van der Waals surface area contributed by atoms with E-state index in [4.69, 9.17) is 4.74 Å². The molecule has 0 fully saturated rings. The zero-order chi connectivity index (χ0) is 15.1. The Morgan fingerprint density at radius 2 is 1.63 bits per heavy atom. The van der Waals surface area contributed by atoms with Crippen LogP contribution in [0, 0.1) is 0 Å². The summed E-state index contributed by atoms with van der Waals surface area (Å²) >= 11 is 0. The van der Waals surface area contributed by atoms with Gasteiger partial charge in [0.15, 0.2) is 0 Å². The Hall–Kier alpha value is -1.51. The molecule has 3 heteroatoms. The average Bonchev–Trinajstić information content (AvgIpc) is 2.38. The predicted octanol–water partition coefficient (Wildman–Crippen LogP) is 4.64. The fourth-order valence-electron chi connectivity index (χ4n) is 1.45. The van der Waals surface area contributed by atoms with Crippen molar-refractivity contribution in [2.24, 2.45) is 0 Å². The Kier molecular flexibility index (Phi) is 7.20. The summed E-state index contributed by atoms with van der Waals surface area (Å²) in [6.07, 6.45) is -0.297. The minimum Gasteiger partial charge on any atom is -0.444 e. The van der Waals surface area contributed by atoms with E-state index in [2.05, 4.69) is 0 Å². The number of benzene rings is 1. The normalized spacial score (nSPS) is 11.9. The largest absolute Gasteiger partial charge is 0.444 e. The van der Waals surface area contributed by atoms with Crippen LogP contribution in [0.5, 0.6) is 0 Å². The van der Waals surface area contributed by atoms with Crippen LogP contribution in [0.3, 0.4) is 0 Å². The van der Waals surface area contributed by atoms with Crippen LogP contribution in [0.2, 0.25) is 0 Å². The molecular formula is C16H27NO2. The van der Waals surface area contributed by atoms with E-state index in [0.29, 0.717) is 0 Å². The molecule has 0 spiro atoms. The van der Waals surface area contributed by atoms with Gasteiger partial charge >= 0.3 is 6.09 Å². The monoisotopic (exact) mass is 265 g/mol. The van der Waals surface area contributed by atoms with E-state index in [-0.39, 0.29) is 12.1 Å². The van der Waals surface area contributed by atoms with Crippen LogP contribution in [0.4, 0.5) is 4.79 Å². The van der Waals surface area contributed by atoms with Gasteiger partial charge in [-0.2, -0.15) is 0 Å². The molecular weight excluding hydrogens is 238 g/mol. The van der Waals surface area contributed by atoms with Gasteiger partial charge < -0.3 is 9.64 Å². The molecule has 108 valence electrons. The summed E-state index contributed by atoms with van der Waals surface area (Å²) in [4.78, 5) is 13.5. The van der Waals surface area contributed by atoms with Gasteiger partial charge in [-0.25, -0.2) is 4.79 Å². The second-order valence-electron chi connectivity index (χ2n) is 5.18. The first-order valence-corrected chi connectivity index (χ1v) is 6.82. The van der Waals surface area contributed by atoms with Gasteiger partial charge in [-0.05, 0) is 33.3 Å². The highest BCUT2D eigenvalue weighted by atomic mass is 16.6. The maximum absolute atomic E-state index is 11.9. The number of nitrogens with zero attached hydrogens (tertiary/aromatic N) is 1. The van der Waals surface area contributed by atoms with Gasteiger partial charge in [0.2, 0.25) is 0 Å². The number of carbonyl (C=O) groups excluding carboxylic acids is 1. The Morgan fingerprint density at radius 1 is 1.16 bits per heavy atom.